The maximum absolute atomic E-state index is 2.59. The molecule has 1 aliphatic heterocycles. The number of rotatable bonds is 3. The van der Waals surface area contributed by atoms with E-state index in [9.17, 15) is 0 Å². The lowest BCUT2D eigenvalue weighted by molar-refractivity contribution is 0.222. The normalized spacial score (nSPS) is 18.6. The second-order valence-electron chi connectivity index (χ2n) is 4.06. The fraction of sp³-hybridized carbons (Fsp3) is 0.667. The summed E-state index contributed by atoms with van der Waals surface area (Å²) in [6, 6.07) is 4.59. The first-order chi connectivity index (χ1) is 6.88. The number of nitrogens with zero attached hydrogens (tertiary/aromatic N) is 1. The maximum Gasteiger partial charge on any atom is 0.0328 e. The molecule has 0 saturated carbocycles. The predicted molar refractivity (Wildman–Crippen MR) is 62.8 cm³/mol. The van der Waals surface area contributed by atoms with Crippen LogP contribution < -0.4 is 0 Å². The van der Waals surface area contributed by atoms with E-state index < -0.39 is 0 Å². The zero-order valence-electron chi connectivity index (χ0n) is 8.96. The number of hydrogen-bond donors (Lipinski definition) is 0. The molecule has 0 spiro atoms. The third kappa shape index (κ3) is 2.58. The van der Waals surface area contributed by atoms with Crippen LogP contribution in [0.15, 0.2) is 12.1 Å². The Kier molecular flexibility index (Phi) is 3.60. The average molecular weight is 209 g/mol. The lowest BCUT2D eigenvalue weighted by Crippen LogP contribution is -2.28. The van der Waals surface area contributed by atoms with Gasteiger partial charge in [-0.3, -0.25) is 4.90 Å². The molecule has 2 heterocycles. The van der Waals surface area contributed by atoms with E-state index in [1.165, 1.54) is 50.2 Å². The number of piperidine rings is 1. The van der Waals surface area contributed by atoms with Crippen molar-refractivity contribution in [1.29, 1.82) is 0 Å². The summed E-state index contributed by atoms with van der Waals surface area (Å²) in [7, 11) is 0. The van der Waals surface area contributed by atoms with Gasteiger partial charge >= 0.3 is 0 Å². The first kappa shape index (κ1) is 10.2. The summed E-state index contributed by atoms with van der Waals surface area (Å²) >= 11 is 1.98. The molecule has 1 aromatic heterocycles. The maximum atomic E-state index is 2.59. The van der Waals surface area contributed by atoms with E-state index in [1.54, 1.807) is 4.88 Å². The van der Waals surface area contributed by atoms with Crippen molar-refractivity contribution in [3.05, 3.63) is 21.9 Å². The Morgan fingerprint density at radius 2 is 1.86 bits per heavy atom. The zero-order chi connectivity index (χ0) is 9.80. The molecule has 0 aromatic carbocycles. The zero-order valence-corrected chi connectivity index (χ0v) is 9.78. The molecule has 0 unspecified atom stereocenters. The Bertz CT molecular complexity index is 274. The van der Waals surface area contributed by atoms with Crippen molar-refractivity contribution in [2.75, 3.05) is 13.1 Å². The van der Waals surface area contributed by atoms with Crippen molar-refractivity contribution in [2.45, 2.75) is 39.2 Å². The summed E-state index contributed by atoms with van der Waals surface area (Å²) in [6.45, 7) is 6.03. The third-order valence-electron chi connectivity index (χ3n) is 2.89. The van der Waals surface area contributed by atoms with Gasteiger partial charge in [0.1, 0.15) is 0 Å². The van der Waals surface area contributed by atoms with Gasteiger partial charge in [0.15, 0.2) is 0 Å². The Morgan fingerprint density at radius 1 is 1.14 bits per heavy atom. The van der Waals surface area contributed by atoms with E-state index in [0.29, 0.717) is 0 Å². The minimum Gasteiger partial charge on any atom is -0.298 e. The number of aryl methyl sites for hydroxylation is 1. The number of hydrogen-bond acceptors (Lipinski definition) is 2. The molecule has 0 atom stereocenters. The van der Waals surface area contributed by atoms with Gasteiger partial charge in [-0.1, -0.05) is 13.3 Å². The van der Waals surface area contributed by atoms with Gasteiger partial charge < -0.3 is 0 Å². The average Bonchev–Trinajstić information content (AvgIpc) is 2.67. The smallest absolute Gasteiger partial charge is 0.0328 e. The van der Waals surface area contributed by atoms with Crippen LogP contribution in [0.1, 0.15) is 35.9 Å². The molecule has 2 heteroatoms. The molecule has 1 nitrogen and oxygen atoms in total. The highest BCUT2D eigenvalue weighted by atomic mass is 32.1. The Hall–Kier alpha value is -0.340. The monoisotopic (exact) mass is 209 g/mol. The second kappa shape index (κ2) is 4.94. The number of thiophene rings is 1. The fourth-order valence-electron chi connectivity index (χ4n) is 2.04. The van der Waals surface area contributed by atoms with E-state index >= 15 is 0 Å². The van der Waals surface area contributed by atoms with Crippen LogP contribution in [0, 0.1) is 0 Å². The minimum absolute atomic E-state index is 1.19. The van der Waals surface area contributed by atoms with Crippen LogP contribution in [0.5, 0.6) is 0 Å². The lowest BCUT2D eigenvalue weighted by Gasteiger charge is -2.25. The van der Waals surface area contributed by atoms with Crippen molar-refractivity contribution in [2.24, 2.45) is 0 Å². The van der Waals surface area contributed by atoms with Crippen LogP contribution in [0.3, 0.4) is 0 Å². The van der Waals surface area contributed by atoms with Crippen LogP contribution >= 0.6 is 11.3 Å². The summed E-state index contributed by atoms with van der Waals surface area (Å²) in [6.07, 6.45) is 5.41. The van der Waals surface area contributed by atoms with Gasteiger partial charge in [-0.2, -0.15) is 0 Å². The van der Waals surface area contributed by atoms with E-state index in [2.05, 4.69) is 24.0 Å². The summed E-state index contributed by atoms with van der Waals surface area (Å²) in [5.74, 6) is 0. The summed E-state index contributed by atoms with van der Waals surface area (Å²) in [5, 5.41) is 0. The SMILES string of the molecule is CCc1ccc(CN2CCCCC2)s1. The standard InChI is InChI=1S/C12H19NS/c1-2-11-6-7-12(14-11)10-13-8-4-3-5-9-13/h6-7H,2-5,8-10H2,1H3. The van der Waals surface area contributed by atoms with E-state index in [1.807, 2.05) is 11.3 Å². The lowest BCUT2D eigenvalue weighted by atomic mass is 10.1. The van der Waals surface area contributed by atoms with Crippen LogP contribution in [0.25, 0.3) is 0 Å². The molecule has 1 aromatic rings. The van der Waals surface area contributed by atoms with Crippen LogP contribution in [0.2, 0.25) is 0 Å². The molecular weight excluding hydrogens is 190 g/mol. The quantitative estimate of drug-likeness (QED) is 0.738. The highest BCUT2D eigenvalue weighted by molar-refractivity contribution is 7.11. The van der Waals surface area contributed by atoms with Crippen LogP contribution in [0.4, 0.5) is 0 Å². The van der Waals surface area contributed by atoms with Crippen LogP contribution in [-0.2, 0) is 13.0 Å². The Labute approximate surface area is 90.7 Å². The largest absolute Gasteiger partial charge is 0.298 e. The molecule has 2 rings (SSSR count). The second-order valence-corrected chi connectivity index (χ2v) is 5.31. The van der Waals surface area contributed by atoms with Gasteiger partial charge in [0.25, 0.3) is 0 Å². The number of likely N-dealkylation sites (tertiary alicyclic amines) is 1. The first-order valence-corrected chi connectivity index (χ1v) is 6.50. The highest BCUT2D eigenvalue weighted by Crippen LogP contribution is 2.20. The molecular formula is C12H19NS. The van der Waals surface area contributed by atoms with Crippen LogP contribution in [-0.4, -0.2) is 18.0 Å². The highest BCUT2D eigenvalue weighted by Gasteiger charge is 2.11. The summed E-state index contributed by atoms with van der Waals surface area (Å²) in [5.41, 5.74) is 0. The molecule has 0 N–H and O–H groups in total. The summed E-state index contributed by atoms with van der Waals surface area (Å²) < 4.78 is 0. The third-order valence-corrected chi connectivity index (χ3v) is 4.11. The molecule has 78 valence electrons. The fourth-order valence-corrected chi connectivity index (χ4v) is 3.04. The predicted octanol–water partition coefficient (Wildman–Crippen LogP) is 3.30. The molecule has 1 fully saturated rings. The Morgan fingerprint density at radius 3 is 2.50 bits per heavy atom. The van der Waals surface area contributed by atoms with E-state index in [-0.39, 0.29) is 0 Å². The molecule has 0 bridgehead atoms. The van der Waals surface area contributed by atoms with Gasteiger partial charge in [-0.15, -0.1) is 11.3 Å². The molecule has 1 saturated heterocycles. The molecule has 14 heavy (non-hydrogen) atoms. The molecule has 0 aliphatic carbocycles. The van der Waals surface area contributed by atoms with Gasteiger partial charge in [-0.05, 0) is 44.5 Å². The van der Waals surface area contributed by atoms with Crippen molar-refractivity contribution in [3.8, 4) is 0 Å². The Balaban J connectivity index is 1.89. The van der Waals surface area contributed by atoms with Gasteiger partial charge in [0.2, 0.25) is 0 Å². The van der Waals surface area contributed by atoms with Crippen molar-refractivity contribution >= 4 is 11.3 Å². The van der Waals surface area contributed by atoms with Gasteiger partial charge in [-0.25, -0.2) is 0 Å². The summed E-state index contributed by atoms with van der Waals surface area (Å²) in [4.78, 5) is 5.66. The van der Waals surface area contributed by atoms with Gasteiger partial charge in [0, 0.05) is 16.3 Å². The van der Waals surface area contributed by atoms with Crippen molar-refractivity contribution in [3.63, 3.8) is 0 Å². The minimum atomic E-state index is 1.19. The van der Waals surface area contributed by atoms with Crippen molar-refractivity contribution in [1.82, 2.24) is 4.90 Å². The van der Waals surface area contributed by atoms with Crippen molar-refractivity contribution < 1.29 is 0 Å². The topological polar surface area (TPSA) is 3.24 Å². The molecule has 1 aliphatic rings. The molecule has 0 amide bonds. The van der Waals surface area contributed by atoms with E-state index in [4.69, 9.17) is 0 Å². The van der Waals surface area contributed by atoms with Gasteiger partial charge in [0.05, 0.1) is 0 Å². The first-order valence-electron chi connectivity index (χ1n) is 5.68. The van der Waals surface area contributed by atoms with E-state index in [0.717, 1.165) is 0 Å². The molecule has 0 radical (unpaired) electrons.